The normalized spacial score (nSPS) is 16.2. The van der Waals surface area contributed by atoms with Gasteiger partial charge in [0.25, 0.3) is 0 Å². The van der Waals surface area contributed by atoms with Gasteiger partial charge < -0.3 is 19.7 Å². The predicted molar refractivity (Wildman–Crippen MR) is 126 cm³/mol. The van der Waals surface area contributed by atoms with E-state index < -0.39 is 0 Å². The van der Waals surface area contributed by atoms with Crippen LogP contribution in [0.2, 0.25) is 0 Å². The van der Waals surface area contributed by atoms with Crippen molar-refractivity contribution in [2.75, 3.05) is 47.2 Å². The lowest BCUT2D eigenvalue weighted by Crippen LogP contribution is -2.48. The largest absolute Gasteiger partial charge is 0.497 e. The molecule has 0 unspecified atom stereocenters. The summed E-state index contributed by atoms with van der Waals surface area (Å²) in [6.07, 6.45) is 4.08. The van der Waals surface area contributed by atoms with E-state index in [9.17, 15) is 0 Å². The summed E-state index contributed by atoms with van der Waals surface area (Å²) in [5.74, 6) is 1.79. The van der Waals surface area contributed by atoms with E-state index >= 15 is 0 Å². The summed E-state index contributed by atoms with van der Waals surface area (Å²) in [6.45, 7) is 3.20. The molecule has 3 rings (SSSR count). The lowest BCUT2D eigenvalue weighted by molar-refractivity contribution is 0.0512. The summed E-state index contributed by atoms with van der Waals surface area (Å²) < 4.78 is 11.0. The van der Waals surface area contributed by atoms with Crippen molar-refractivity contribution in [3.05, 3.63) is 59.7 Å². The van der Waals surface area contributed by atoms with Crippen LogP contribution in [0.4, 0.5) is 0 Å². The Morgan fingerprint density at radius 1 is 1.13 bits per heavy atom. The van der Waals surface area contributed by atoms with Gasteiger partial charge in [-0.05, 0) is 54.5 Å². The highest BCUT2D eigenvalue weighted by Gasteiger charge is 2.35. The number of methoxy groups -OCH3 is 1. The molecule has 1 heterocycles. The zero-order chi connectivity index (χ0) is 21.4. The van der Waals surface area contributed by atoms with Crippen LogP contribution in [-0.4, -0.2) is 58.1 Å². The SMILES string of the molecule is CN=C(NCC1(c2ccc(OC)cc2)CCOCC1)N(C)Cc1ccc(SC)cc1. The first kappa shape index (κ1) is 22.5. The number of nitrogens with one attached hydrogen (secondary N) is 1. The van der Waals surface area contributed by atoms with E-state index in [1.54, 1.807) is 18.9 Å². The lowest BCUT2D eigenvalue weighted by Gasteiger charge is -2.39. The van der Waals surface area contributed by atoms with Crippen molar-refractivity contribution in [2.24, 2.45) is 4.99 Å². The minimum absolute atomic E-state index is 0.0291. The third-order valence-electron chi connectivity index (χ3n) is 5.89. The Bertz CT molecular complexity index is 815. The van der Waals surface area contributed by atoms with Crippen LogP contribution in [0.15, 0.2) is 58.4 Å². The number of benzene rings is 2. The monoisotopic (exact) mass is 427 g/mol. The molecule has 2 aromatic carbocycles. The summed E-state index contributed by atoms with van der Waals surface area (Å²) in [5.41, 5.74) is 2.63. The summed E-state index contributed by atoms with van der Waals surface area (Å²) in [5, 5.41) is 3.63. The van der Waals surface area contributed by atoms with Gasteiger partial charge >= 0.3 is 0 Å². The lowest BCUT2D eigenvalue weighted by atomic mass is 9.74. The Morgan fingerprint density at radius 2 is 1.80 bits per heavy atom. The van der Waals surface area contributed by atoms with E-state index in [4.69, 9.17) is 9.47 Å². The van der Waals surface area contributed by atoms with Crippen LogP contribution in [0, 0.1) is 0 Å². The number of rotatable bonds is 7. The molecule has 0 aliphatic carbocycles. The molecule has 0 amide bonds. The first-order chi connectivity index (χ1) is 14.6. The van der Waals surface area contributed by atoms with Crippen LogP contribution in [0.3, 0.4) is 0 Å². The molecule has 1 saturated heterocycles. The molecule has 1 fully saturated rings. The van der Waals surface area contributed by atoms with E-state index in [1.807, 2.05) is 19.2 Å². The quantitative estimate of drug-likeness (QED) is 0.408. The Morgan fingerprint density at radius 3 is 2.37 bits per heavy atom. The van der Waals surface area contributed by atoms with Gasteiger partial charge in [0, 0.05) is 50.7 Å². The number of guanidine groups is 1. The van der Waals surface area contributed by atoms with Crippen molar-refractivity contribution in [3.63, 3.8) is 0 Å². The number of ether oxygens (including phenoxy) is 2. The summed E-state index contributed by atoms with van der Waals surface area (Å²) in [4.78, 5) is 7.99. The van der Waals surface area contributed by atoms with Gasteiger partial charge in [0.1, 0.15) is 5.75 Å². The molecule has 2 aromatic rings. The van der Waals surface area contributed by atoms with Gasteiger partial charge in [0.15, 0.2) is 5.96 Å². The molecule has 1 aliphatic heterocycles. The molecule has 1 aliphatic rings. The third-order valence-corrected chi connectivity index (χ3v) is 6.63. The molecule has 6 heteroatoms. The zero-order valence-electron chi connectivity index (χ0n) is 18.5. The molecule has 0 aromatic heterocycles. The van der Waals surface area contributed by atoms with Gasteiger partial charge in [-0.2, -0.15) is 0 Å². The van der Waals surface area contributed by atoms with E-state index in [2.05, 4.69) is 64.9 Å². The fourth-order valence-corrected chi connectivity index (χ4v) is 4.40. The Kier molecular flexibility index (Phi) is 8.05. The van der Waals surface area contributed by atoms with Gasteiger partial charge in [-0.3, -0.25) is 4.99 Å². The minimum Gasteiger partial charge on any atom is -0.497 e. The second kappa shape index (κ2) is 10.7. The van der Waals surface area contributed by atoms with E-state index in [1.165, 1.54) is 16.0 Å². The predicted octanol–water partition coefficient (Wildman–Crippen LogP) is 4.17. The van der Waals surface area contributed by atoms with Crippen LogP contribution in [0.1, 0.15) is 24.0 Å². The van der Waals surface area contributed by atoms with Crippen molar-refractivity contribution < 1.29 is 9.47 Å². The molecule has 1 N–H and O–H groups in total. The Labute approximate surface area is 184 Å². The highest BCUT2D eigenvalue weighted by atomic mass is 32.2. The minimum atomic E-state index is 0.0291. The van der Waals surface area contributed by atoms with Crippen molar-refractivity contribution in [2.45, 2.75) is 29.7 Å². The first-order valence-electron chi connectivity index (χ1n) is 10.4. The molecular formula is C24H33N3O2S. The van der Waals surface area contributed by atoms with Gasteiger partial charge in [0.05, 0.1) is 7.11 Å². The number of hydrogen-bond acceptors (Lipinski definition) is 4. The van der Waals surface area contributed by atoms with Crippen LogP contribution in [0.5, 0.6) is 5.75 Å². The van der Waals surface area contributed by atoms with Crippen molar-refractivity contribution in [3.8, 4) is 5.75 Å². The average Bonchev–Trinajstić information content (AvgIpc) is 2.80. The molecule has 5 nitrogen and oxygen atoms in total. The smallest absolute Gasteiger partial charge is 0.193 e. The molecule has 0 spiro atoms. The molecule has 162 valence electrons. The zero-order valence-corrected chi connectivity index (χ0v) is 19.3. The van der Waals surface area contributed by atoms with Crippen LogP contribution in [0.25, 0.3) is 0 Å². The Hall–Kier alpha value is -2.18. The van der Waals surface area contributed by atoms with Gasteiger partial charge in [-0.1, -0.05) is 24.3 Å². The summed E-state index contributed by atoms with van der Waals surface area (Å²) in [6, 6.07) is 17.2. The number of thioether (sulfide) groups is 1. The van der Waals surface area contributed by atoms with Crippen molar-refractivity contribution >= 4 is 17.7 Å². The van der Waals surface area contributed by atoms with E-state index in [0.29, 0.717) is 0 Å². The highest BCUT2D eigenvalue weighted by Crippen LogP contribution is 2.35. The topological polar surface area (TPSA) is 46.1 Å². The van der Waals surface area contributed by atoms with Crippen LogP contribution >= 0.6 is 11.8 Å². The first-order valence-corrected chi connectivity index (χ1v) is 11.6. The maximum Gasteiger partial charge on any atom is 0.193 e. The standard InChI is InChI=1S/C24H33N3O2S/c1-25-23(27(2)17-19-5-11-22(30-4)12-6-19)26-18-24(13-15-29-16-14-24)20-7-9-21(28-3)10-8-20/h5-12H,13-18H2,1-4H3,(H,25,26). The summed E-state index contributed by atoms with van der Waals surface area (Å²) in [7, 11) is 5.64. The second-order valence-electron chi connectivity index (χ2n) is 7.73. The van der Waals surface area contributed by atoms with E-state index in [-0.39, 0.29) is 5.41 Å². The Balaban J connectivity index is 1.69. The van der Waals surface area contributed by atoms with Crippen LogP contribution < -0.4 is 10.1 Å². The summed E-state index contributed by atoms with van der Waals surface area (Å²) >= 11 is 1.76. The second-order valence-corrected chi connectivity index (χ2v) is 8.61. The van der Waals surface area contributed by atoms with Gasteiger partial charge in [0.2, 0.25) is 0 Å². The van der Waals surface area contributed by atoms with Gasteiger partial charge in [-0.15, -0.1) is 11.8 Å². The maximum atomic E-state index is 5.67. The average molecular weight is 428 g/mol. The molecule has 0 atom stereocenters. The molecule has 0 saturated carbocycles. The van der Waals surface area contributed by atoms with E-state index in [0.717, 1.165) is 50.9 Å². The fourth-order valence-electron chi connectivity index (χ4n) is 3.99. The number of nitrogens with zero attached hydrogens (tertiary/aromatic N) is 2. The highest BCUT2D eigenvalue weighted by molar-refractivity contribution is 7.98. The number of hydrogen-bond donors (Lipinski definition) is 1. The molecule has 30 heavy (non-hydrogen) atoms. The molecule has 0 bridgehead atoms. The number of aliphatic imine (C=N–C) groups is 1. The molecule has 0 radical (unpaired) electrons. The van der Waals surface area contributed by atoms with Crippen LogP contribution in [-0.2, 0) is 16.7 Å². The molecular weight excluding hydrogens is 394 g/mol. The van der Waals surface area contributed by atoms with Crippen molar-refractivity contribution in [1.29, 1.82) is 0 Å². The third kappa shape index (κ3) is 5.49. The maximum absolute atomic E-state index is 5.67. The van der Waals surface area contributed by atoms with Gasteiger partial charge in [-0.25, -0.2) is 0 Å². The van der Waals surface area contributed by atoms with Crippen molar-refractivity contribution in [1.82, 2.24) is 10.2 Å². The fraction of sp³-hybridized carbons (Fsp3) is 0.458.